The zero-order chi connectivity index (χ0) is 13.3. The van der Waals surface area contributed by atoms with Crippen molar-refractivity contribution < 1.29 is 0 Å². The molecule has 0 spiro atoms. The van der Waals surface area contributed by atoms with Crippen LogP contribution in [-0.4, -0.2) is 14.8 Å². The van der Waals surface area contributed by atoms with E-state index in [-0.39, 0.29) is 0 Å². The summed E-state index contributed by atoms with van der Waals surface area (Å²) in [6.07, 6.45) is 1.77. The second-order valence-electron chi connectivity index (χ2n) is 5.24. The summed E-state index contributed by atoms with van der Waals surface area (Å²) in [5.74, 6) is 1.40. The van der Waals surface area contributed by atoms with Crippen molar-refractivity contribution in [3.8, 4) is 11.4 Å². The number of aryl methyl sites for hydroxylation is 2. The molecule has 2 aromatic rings. The molecule has 1 heterocycles. The maximum absolute atomic E-state index is 6.16. The van der Waals surface area contributed by atoms with Crippen molar-refractivity contribution in [3.05, 3.63) is 29.6 Å². The molecule has 4 nitrogen and oxygen atoms in total. The lowest BCUT2D eigenvalue weighted by Crippen LogP contribution is -2.06. The number of rotatable bonds is 3. The normalized spacial score (nSPS) is 11.2. The molecule has 18 heavy (non-hydrogen) atoms. The summed E-state index contributed by atoms with van der Waals surface area (Å²) in [5.41, 5.74) is 10.2. The molecule has 0 bridgehead atoms. The van der Waals surface area contributed by atoms with E-state index in [1.54, 1.807) is 6.33 Å². The Morgan fingerprint density at radius 2 is 2.00 bits per heavy atom. The SMILES string of the molecule is Cc1cc(C)c(N)c(-c2nncn2CC(C)C)c1. The van der Waals surface area contributed by atoms with Crippen LogP contribution in [0.3, 0.4) is 0 Å². The lowest BCUT2D eigenvalue weighted by atomic mass is 10.0. The molecule has 1 aromatic heterocycles. The molecule has 4 heteroatoms. The summed E-state index contributed by atoms with van der Waals surface area (Å²) in [7, 11) is 0. The molecule has 0 saturated heterocycles. The molecule has 0 fully saturated rings. The number of aromatic nitrogens is 3. The number of hydrogen-bond acceptors (Lipinski definition) is 3. The lowest BCUT2D eigenvalue weighted by Gasteiger charge is -2.12. The van der Waals surface area contributed by atoms with Crippen LogP contribution < -0.4 is 5.73 Å². The molecule has 0 aliphatic rings. The zero-order valence-corrected chi connectivity index (χ0v) is 11.4. The lowest BCUT2D eigenvalue weighted by molar-refractivity contribution is 0.525. The van der Waals surface area contributed by atoms with Gasteiger partial charge in [-0.05, 0) is 37.0 Å². The van der Waals surface area contributed by atoms with Gasteiger partial charge in [-0.2, -0.15) is 0 Å². The van der Waals surface area contributed by atoms with Crippen LogP contribution in [0.5, 0.6) is 0 Å². The van der Waals surface area contributed by atoms with Gasteiger partial charge in [-0.15, -0.1) is 10.2 Å². The van der Waals surface area contributed by atoms with Crippen LogP contribution in [0.2, 0.25) is 0 Å². The van der Waals surface area contributed by atoms with E-state index >= 15 is 0 Å². The quantitative estimate of drug-likeness (QED) is 0.845. The molecule has 0 radical (unpaired) electrons. The molecule has 0 aliphatic carbocycles. The highest BCUT2D eigenvalue weighted by atomic mass is 15.3. The number of anilines is 1. The molecule has 2 rings (SSSR count). The van der Waals surface area contributed by atoms with Gasteiger partial charge in [0.15, 0.2) is 5.82 Å². The second kappa shape index (κ2) is 4.80. The Balaban J connectivity index is 2.52. The van der Waals surface area contributed by atoms with Gasteiger partial charge in [0.05, 0.1) is 0 Å². The largest absolute Gasteiger partial charge is 0.398 e. The number of nitrogen functional groups attached to an aromatic ring is 1. The van der Waals surface area contributed by atoms with Gasteiger partial charge in [0.1, 0.15) is 6.33 Å². The van der Waals surface area contributed by atoms with Crippen molar-refractivity contribution in [2.45, 2.75) is 34.2 Å². The maximum atomic E-state index is 6.16. The van der Waals surface area contributed by atoms with E-state index in [1.807, 2.05) is 6.92 Å². The van der Waals surface area contributed by atoms with Crippen LogP contribution in [0.1, 0.15) is 25.0 Å². The molecule has 0 atom stereocenters. The Morgan fingerprint density at radius 3 is 2.67 bits per heavy atom. The van der Waals surface area contributed by atoms with Crippen molar-refractivity contribution in [2.75, 3.05) is 5.73 Å². The van der Waals surface area contributed by atoms with Crippen molar-refractivity contribution in [1.82, 2.24) is 14.8 Å². The fraction of sp³-hybridized carbons (Fsp3) is 0.429. The molecule has 0 amide bonds. The Hall–Kier alpha value is -1.84. The Bertz CT molecular complexity index is 555. The summed E-state index contributed by atoms with van der Waals surface area (Å²) in [5, 5.41) is 8.22. The molecule has 0 saturated carbocycles. The van der Waals surface area contributed by atoms with Crippen molar-refractivity contribution in [3.63, 3.8) is 0 Å². The zero-order valence-electron chi connectivity index (χ0n) is 11.4. The van der Waals surface area contributed by atoms with Gasteiger partial charge in [-0.25, -0.2) is 0 Å². The van der Waals surface area contributed by atoms with E-state index in [0.717, 1.165) is 29.2 Å². The average Bonchev–Trinajstić information content (AvgIpc) is 2.70. The highest BCUT2D eigenvalue weighted by Crippen LogP contribution is 2.28. The van der Waals surface area contributed by atoms with Crippen LogP contribution in [0.15, 0.2) is 18.5 Å². The molecule has 0 aliphatic heterocycles. The van der Waals surface area contributed by atoms with E-state index in [1.165, 1.54) is 5.56 Å². The monoisotopic (exact) mass is 244 g/mol. The first-order chi connectivity index (χ1) is 8.49. The van der Waals surface area contributed by atoms with E-state index in [0.29, 0.717) is 5.92 Å². The van der Waals surface area contributed by atoms with Crippen LogP contribution in [0.4, 0.5) is 5.69 Å². The summed E-state index contributed by atoms with van der Waals surface area (Å²) >= 11 is 0. The third-order valence-corrected chi connectivity index (χ3v) is 2.95. The number of nitrogens with zero attached hydrogens (tertiary/aromatic N) is 3. The highest BCUT2D eigenvalue weighted by Gasteiger charge is 2.13. The minimum atomic E-state index is 0.548. The summed E-state index contributed by atoms with van der Waals surface area (Å²) in [4.78, 5) is 0. The van der Waals surface area contributed by atoms with Crippen molar-refractivity contribution in [1.29, 1.82) is 0 Å². The molecule has 1 aromatic carbocycles. The summed E-state index contributed by atoms with van der Waals surface area (Å²) in [6, 6.07) is 4.16. The van der Waals surface area contributed by atoms with Crippen molar-refractivity contribution in [2.24, 2.45) is 5.92 Å². The fourth-order valence-corrected chi connectivity index (χ4v) is 2.15. The Kier molecular flexibility index (Phi) is 3.36. The maximum Gasteiger partial charge on any atom is 0.165 e. The van der Waals surface area contributed by atoms with Gasteiger partial charge in [0.2, 0.25) is 0 Å². The summed E-state index contributed by atoms with van der Waals surface area (Å²) < 4.78 is 2.06. The van der Waals surface area contributed by atoms with E-state index in [9.17, 15) is 0 Å². The van der Waals surface area contributed by atoms with Gasteiger partial charge in [0.25, 0.3) is 0 Å². The number of nitrogens with two attached hydrogens (primary N) is 1. The number of hydrogen-bond donors (Lipinski definition) is 1. The van der Waals surface area contributed by atoms with Gasteiger partial charge >= 0.3 is 0 Å². The van der Waals surface area contributed by atoms with E-state index < -0.39 is 0 Å². The summed E-state index contributed by atoms with van der Waals surface area (Å²) in [6.45, 7) is 9.34. The average molecular weight is 244 g/mol. The van der Waals surface area contributed by atoms with Crippen molar-refractivity contribution >= 4 is 5.69 Å². The van der Waals surface area contributed by atoms with Gasteiger partial charge in [0, 0.05) is 17.8 Å². The molecule has 0 unspecified atom stereocenters. The molecule has 96 valence electrons. The van der Waals surface area contributed by atoms with Gasteiger partial charge < -0.3 is 10.3 Å². The third kappa shape index (κ3) is 2.37. The van der Waals surface area contributed by atoms with Crippen LogP contribution in [0.25, 0.3) is 11.4 Å². The van der Waals surface area contributed by atoms with Gasteiger partial charge in [-0.3, -0.25) is 0 Å². The van der Waals surface area contributed by atoms with Crippen LogP contribution >= 0.6 is 0 Å². The highest BCUT2D eigenvalue weighted by molar-refractivity contribution is 5.75. The molecular weight excluding hydrogens is 224 g/mol. The predicted molar refractivity (Wildman–Crippen MR) is 74.2 cm³/mol. The second-order valence-corrected chi connectivity index (χ2v) is 5.24. The first-order valence-corrected chi connectivity index (χ1v) is 6.24. The predicted octanol–water partition coefficient (Wildman–Crippen LogP) is 2.80. The first-order valence-electron chi connectivity index (χ1n) is 6.24. The molecular formula is C14H20N4. The molecule has 2 N–H and O–H groups in total. The standard InChI is InChI=1S/C14H20N4/c1-9(2)7-18-8-16-17-14(18)12-6-10(3)5-11(4)13(12)15/h5-6,8-9H,7,15H2,1-4H3. The Labute approximate surface area is 108 Å². The minimum Gasteiger partial charge on any atom is -0.398 e. The van der Waals surface area contributed by atoms with Gasteiger partial charge in [-0.1, -0.05) is 19.9 Å². The van der Waals surface area contributed by atoms with Crippen LogP contribution in [0, 0.1) is 19.8 Å². The minimum absolute atomic E-state index is 0.548. The first kappa shape index (κ1) is 12.6. The smallest absolute Gasteiger partial charge is 0.165 e. The van der Waals surface area contributed by atoms with Crippen LogP contribution in [-0.2, 0) is 6.54 Å². The van der Waals surface area contributed by atoms with E-state index in [2.05, 4.69) is 47.7 Å². The number of benzene rings is 1. The Morgan fingerprint density at radius 1 is 1.28 bits per heavy atom. The topological polar surface area (TPSA) is 56.7 Å². The van der Waals surface area contributed by atoms with E-state index in [4.69, 9.17) is 5.73 Å². The third-order valence-electron chi connectivity index (χ3n) is 2.95. The fourth-order valence-electron chi connectivity index (χ4n) is 2.15.